The van der Waals surface area contributed by atoms with Crippen molar-refractivity contribution in [3.8, 4) is 0 Å². The van der Waals surface area contributed by atoms with E-state index in [-0.39, 0.29) is 29.2 Å². The highest BCUT2D eigenvalue weighted by molar-refractivity contribution is 7.22. The van der Waals surface area contributed by atoms with E-state index in [1.54, 1.807) is 12.1 Å². The third-order valence-corrected chi connectivity index (χ3v) is 4.95. The molecule has 148 valence electrons. The fourth-order valence-corrected chi connectivity index (χ4v) is 3.52. The number of halogens is 2. The van der Waals surface area contributed by atoms with Gasteiger partial charge in [-0.25, -0.2) is 9.37 Å². The first-order valence-electron chi connectivity index (χ1n) is 8.13. The van der Waals surface area contributed by atoms with Gasteiger partial charge in [-0.05, 0) is 32.3 Å². The van der Waals surface area contributed by atoms with E-state index in [2.05, 4.69) is 4.98 Å². The van der Waals surface area contributed by atoms with E-state index < -0.39 is 16.6 Å². The van der Waals surface area contributed by atoms with Gasteiger partial charge in [0.1, 0.15) is 11.3 Å². The number of likely N-dealkylation sites (N-methyl/N-ethyl adjacent to an activating group) is 1. The lowest BCUT2D eigenvalue weighted by Crippen LogP contribution is -2.36. The average Bonchev–Trinajstić information content (AvgIpc) is 3.07. The summed E-state index contributed by atoms with van der Waals surface area (Å²) in [5, 5.41) is 11.4. The molecule has 0 N–H and O–H groups in total. The monoisotopic (exact) mass is 424 g/mol. The van der Waals surface area contributed by atoms with E-state index in [0.29, 0.717) is 22.9 Å². The van der Waals surface area contributed by atoms with Crippen molar-refractivity contribution in [3.63, 3.8) is 0 Å². The van der Waals surface area contributed by atoms with Crippen molar-refractivity contribution in [1.82, 2.24) is 9.88 Å². The zero-order chi connectivity index (χ0) is 19.6. The van der Waals surface area contributed by atoms with E-state index in [0.717, 1.165) is 0 Å². The van der Waals surface area contributed by atoms with Gasteiger partial charge in [0.05, 0.1) is 9.62 Å². The van der Waals surface area contributed by atoms with E-state index in [1.165, 1.54) is 46.6 Å². The van der Waals surface area contributed by atoms with Gasteiger partial charge in [0.2, 0.25) is 0 Å². The Morgan fingerprint density at radius 1 is 1.21 bits per heavy atom. The van der Waals surface area contributed by atoms with Crippen molar-refractivity contribution in [2.45, 2.75) is 0 Å². The zero-order valence-corrected chi connectivity index (χ0v) is 16.8. The Labute approximate surface area is 171 Å². The number of thiazole rings is 1. The molecule has 7 nitrogen and oxygen atoms in total. The van der Waals surface area contributed by atoms with Gasteiger partial charge in [-0.2, -0.15) is 0 Å². The number of anilines is 1. The van der Waals surface area contributed by atoms with Crippen LogP contribution in [0.3, 0.4) is 0 Å². The number of carbonyl (C=O) groups is 1. The molecule has 0 unspecified atom stereocenters. The van der Waals surface area contributed by atoms with Crippen LogP contribution in [0.5, 0.6) is 0 Å². The number of aromatic nitrogens is 1. The average molecular weight is 425 g/mol. The van der Waals surface area contributed by atoms with Gasteiger partial charge in [0.25, 0.3) is 11.6 Å². The van der Waals surface area contributed by atoms with E-state index in [4.69, 9.17) is 0 Å². The number of non-ortho nitro benzene ring substituents is 1. The first-order chi connectivity index (χ1) is 12.9. The van der Waals surface area contributed by atoms with Crippen molar-refractivity contribution in [2.75, 3.05) is 32.1 Å². The number of amides is 1. The van der Waals surface area contributed by atoms with Crippen LogP contribution >= 0.6 is 23.7 Å². The second-order valence-electron chi connectivity index (χ2n) is 6.15. The predicted molar refractivity (Wildman–Crippen MR) is 110 cm³/mol. The van der Waals surface area contributed by atoms with Gasteiger partial charge in [0.15, 0.2) is 5.13 Å². The Morgan fingerprint density at radius 3 is 2.57 bits per heavy atom. The molecule has 0 fully saturated rings. The third kappa shape index (κ3) is 4.61. The fourth-order valence-electron chi connectivity index (χ4n) is 2.51. The first kappa shape index (κ1) is 21.7. The number of hydrogen-bond donors (Lipinski definition) is 0. The number of fused-ring (bicyclic) bond motifs is 1. The zero-order valence-electron chi connectivity index (χ0n) is 15.2. The summed E-state index contributed by atoms with van der Waals surface area (Å²) in [5.41, 5.74) is 0.227. The Hall–Kier alpha value is -2.62. The van der Waals surface area contributed by atoms with Crippen molar-refractivity contribution in [1.29, 1.82) is 0 Å². The van der Waals surface area contributed by atoms with Crippen molar-refractivity contribution >= 4 is 50.7 Å². The summed E-state index contributed by atoms with van der Waals surface area (Å²) in [4.78, 5) is 31.1. The first-order valence-corrected chi connectivity index (χ1v) is 8.94. The summed E-state index contributed by atoms with van der Waals surface area (Å²) in [5.74, 6) is -0.870. The molecule has 28 heavy (non-hydrogen) atoms. The SMILES string of the molecule is CN(C)CCN(C(=O)c1cccc([N+](=O)[O-])c1)c1nc2c(F)cccc2s1.Cl. The number of nitro groups is 1. The molecule has 0 radical (unpaired) electrons. The highest BCUT2D eigenvalue weighted by atomic mass is 35.5. The lowest BCUT2D eigenvalue weighted by atomic mass is 10.2. The number of para-hydroxylation sites is 1. The van der Waals surface area contributed by atoms with Crippen molar-refractivity contribution in [3.05, 3.63) is 64.0 Å². The van der Waals surface area contributed by atoms with Crippen LogP contribution < -0.4 is 4.90 Å². The molecular formula is C18H18ClFN4O3S. The predicted octanol–water partition coefficient (Wildman–Crippen LogP) is 3.97. The molecule has 0 saturated heterocycles. The second-order valence-corrected chi connectivity index (χ2v) is 7.16. The molecule has 0 spiro atoms. The maximum absolute atomic E-state index is 14.0. The molecule has 0 aliphatic carbocycles. The van der Waals surface area contributed by atoms with Crippen LogP contribution in [0.2, 0.25) is 0 Å². The van der Waals surface area contributed by atoms with Gasteiger partial charge >= 0.3 is 0 Å². The van der Waals surface area contributed by atoms with Crippen LogP contribution in [0.25, 0.3) is 10.2 Å². The van der Waals surface area contributed by atoms with Crippen LogP contribution in [0, 0.1) is 15.9 Å². The number of carbonyl (C=O) groups excluding carboxylic acids is 1. The van der Waals surface area contributed by atoms with E-state index in [9.17, 15) is 19.3 Å². The van der Waals surface area contributed by atoms with E-state index in [1.807, 2.05) is 19.0 Å². The molecule has 1 aromatic heterocycles. The topological polar surface area (TPSA) is 79.6 Å². The normalized spacial score (nSPS) is 10.7. The molecule has 3 aromatic rings. The highest BCUT2D eigenvalue weighted by Crippen LogP contribution is 2.31. The number of nitrogens with zero attached hydrogens (tertiary/aromatic N) is 4. The molecule has 0 aliphatic rings. The van der Waals surface area contributed by atoms with Crippen LogP contribution in [0.15, 0.2) is 42.5 Å². The molecule has 0 bridgehead atoms. The molecule has 1 heterocycles. The van der Waals surface area contributed by atoms with E-state index >= 15 is 0 Å². The summed E-state index contributed by atoms with van der Waals surface area (Å²) in [7, 11) is 3.74. The van der Waals surface area contributed by atoms with Gasteiger partial charge in [0, 0.05) is 30.8 Å². The Morgan fingerprint density at radius 2 is 1.93 bits per heavy atom. The molecule has 0 saturated carbocycles. The molecule has 0 atom stereocenters. The maximum atomic E-state index is 14.0. The molecule has 10 heteroatoms. The van der Waals surface area contributed by atoms with Crippen LogP contribution in [0.4, 0.5) is 15.2 Å². The number of hydrogen-bond acceptors (Lipinski definition) is 6. The lowest BCUT2D eigenvalue weighted by molar-refractivity contribution is -0.384. The van der Waals surface area contributed by atoms with Gasteiger partial charge in [-0.15, -0.1) is 12.4 Å². The number of benzene rings is 2. The van der Waals surface area contributed by atoms with Crippen molar-refractivity contribution < 1.29 is 14.1 Å². The molecule has 3 rings (SSSR count). The largest absolute Gasteiger partial charge is 0.308 e. The maximum Gasteiger partial charge on any atom is 0.270 e. The Balaban J connectivity index is 0.00000280. The molecular weight excluding hydrogens is 407 g/mol. The minimum Gasteiger partial charge on any atom is -0.308 e. The van der Waals surface area contributed by atoms with Crippen LogP contribution in [-0.4, -0.2) is 47.9 Å². The summed E-state index contributed by atoms with van der Waals surface area (Å²) < 4.78 is 14.6. The minimum absolute atomic E-state index is 0. The van der Waals surface area contributed by atoms with Crippen LogP contribution in [0.1, 0.15) is 10.4 Å². The fraction of sp³-hybridized carbons (Fsp3) is 0.222. The smallest absolute Gasteiger partial charge is 0.270 e. The third-order valence-electron chi connectivity index (χ3n) is 3.91. The standard InChI is InChI=1S/C18H17FN4O3S.ClH/c1-21(2)9-10-22(17(24)12-5-3-6-13(11-12)23(25)26)18-20-16-14(19)7-4-8-15(16)27-18;/h3-8,11H,9-10H2,1-2H3;1H. The molecule has 1 amide bonds. The number of nitro benzene ring substituents is 1. The Kier molecular flexibility index (Phi) is 7.00. The lowest BCUT2D eigenvalue weighted by Gasteiger charge is -2.22. The summed E-state index contributed by atoms with van der Waals surface area (Å²) in [6.07, 6.45) is 0. The van der Waals surface area contributed by atoms with Crippen molar-refractivity contribution in [2.24, 2.45) is 0 Å². The minimum atomic E-state index is -0.548. The summed E-state index contributed by atoms with van der Waals surface area (Å²) in [6, 6.07) is 10.2. The van der Waals surface area contributed by atoms with Gasteiger partial charge in [-0.1, -0.05) is 23.5 Å². The summed E-state index contributed by atoms with van der Waals surface area (Å²) in [6.45, 7) is 0.870. The number of rotatable bonds is 6. The Bertz CT molecular complexity index is 1010. The summed E-state index contributed by atoms with van der Waals surface area (Å²) >= 11 is 1.21. The second kappa shape index (κ2) is 9.05. The van der Waals surface area contributed by atoms with Crippen LogP contribution in [-0.2, 0) is 0 Å². The highest BCUT2D eigenvalue weighted by Gasteiger charge is 2.23. The van der Waals surface area contributed by atoms with Gasteiger partial charge < -0.3 is 4.90 Å². The molecule has 2 aromatic carbocycles. The quantitative estimate of drug-likeness (QED) is 0.441. The van der Waals surface area contributed by atoms with Gasteiger partial charge in [-0.3, -0.25) is 19.8 Å². The molecule has 0 aliphatic heterocycles.